The van der Waals surface area contributed by atoms with Crippen molar-refractivity contribution in [1.82, 2.24) is 24.8 Å². The Labute approximate surface area is 232 Å². The number of anilines is 4. The standard InChI is InChI=1S/C33H29N7/c1-20-10-8-11-21(2)30(20)38-29(17-16-25-24(5)37-40-28(25)18-19-34-40)39(31-22(3)12-9-13-23(31)4)33-32(38)35-26-14-6-7-15-27(26)36-33/h6-19H,1-5H3/b25-16-. The number of fused-ring (bicyclic) bond motifs is 3. The summed E-state index contributed by atoms with van der Waals surface area (Å²) in [6.07, 6.45) is 6.09. The SMILES string of the molecule is Cc1cccc(C)c1N1C(=C/C=c2/c(C)nn3nccc23)N(c2c(C)cccc2C)c2nc3ccccc3nc21. The summed E-state index contributed by atoms with van der Waals surface area (Å²) in [4.78, 5) is 15.0. The molecule has 7 rings (SSSR count). The van der Waals surface area contributed by atoms with Gasteiger partial charge in [-0.1, -0.05) is 48.5 Å². The van der Waals surface area contributed by atoms with Crippen LogP contribution in [0.3, 0.4) is 0 Å². The first-order valence-corrected chi connectivity index (χ1v) is 13.4. The van der Waals surface area contributed by atoms with E-state index in [9.17, 15) is 0 Å². The summed E-state index contributed by atoms with van der Waals surface area (Å²) >= 11 is 0. The lowest BCUT2D eigenvalue weighted by Crippen LogP contribution is -2.24. The smallest absolute Gasteiger partial charge is 0.183 e. The number of hydrogen-bond donors (Lipinski definition) is 0. The molecule has 3 aromatic heterocycles. The Balaban J connectivity index is 1.60. The number of allylic oxidation sites excluding steroid dienone is 1. The van der Waals surface area contributed by atoms with Gasteiger partial charge >= 0.3 is 0 Å². The molecule has 7 nitrogen and oxygen atoms in total. The van der Waals surface area contributed by atoms with Crippen LogP contribution in [0.2, 0.25) is 0 Å². The monoisotopic (exact) mass is 523 g/mol. The lowest BCUT2D eigenvalue weighted by atomic mass is 10.1. The Morgan fingerprint density at radius 3 is 1.65 bits per heavy atom. The van der Waals surface area contributed by atoms with Crippen molar-refractivity contribution in [2.24, 2.45) is 0 Å². The Bertz CT molecular complexity index is 1900. The van der Waals surface area contributed by atoms with Gasteiger partial charge in [0.25, 0.3) is 0 Å². The van der Waals surface area contributed by atoms with E-state index in [1.165, 1.54) is 22.3 Å². The minimum Gasteiger partial charge on any atom is -0.276 e. The predicted molar refractivity (Wildman–Crippen MR) is 161 cm³/mol. The zero-order chi connectivity index (χ0) is 27.5. The summed E-state index contributed by atoms with van der Waals surface area (Å²) in [7, 11) is 0. The quantitative estimate of drug-likeness (QED) is 0.262. The van der Waals surface area contributed by atoms with Crippen LogP contribution in [0.15, 0.2) is 84.8 Å². The van der Waals surface area contributed by atoms with Crippen molar-refractivity contribution in [2.45, 2.75) is 34.6 Å². The molecule has 0 atom stereocenters. The topological polar surface area (TPSA) is 62.5 Å². The zero-order valence-electron chi connectivity index (χ0n) is 23.2. The molecule has 6 aromatic rings. The molecule has 0 radical (unpaired) electrons. The van der Waals surface area contributed by atoms with Crippen LogP contribution in [-0.2, 0) is 0 Å². The van der Waals surface area contributed by atoms with Gasteiger partial charge in [0.1, 0.15) is 5.82 Å². The Hall–Kier alpha value is -5.04. The van der Waals surface area contributed by atoms with Gasteiger partial charge in [0.15, 0.2) is 11.6 Å². The fraction of sp³-hybridized carbons (Fsp3) is 0.152. The van der Waals surface area contributed by atoms with Gasteiger partial charge in [-0.3, -0.25) is 9.80 Å². The maximum absolute atomic E-state index is 5.23. The molecule has 0 unspecified atom stereocenters. The van der Waals surface area contributed by atoms with Gasteiger partial charge in [0.05, 0.1) is 39.8 Å². The van der Waals surface area contributed by atoms with E-state index < -0.39 is 0 Å². The number of aryl methyl sites for hydroxylation is 5. The molecule has 0 aliphatic carbocycles. The van der Waals surface area contributed by atoms with Crippen LogP contribution in [0.1, 0.15) is 27.9 Å². The molecule has 7 heteroatoms. The van der Waals surface area contributed by atoms with E-state index in [1.807, 2.05) is 37.3 Å². The Morgan fingerprint density at radius 1 is 0.600 bits per heavy atom. The van der Waals surface area contributed by atoms with Gasteiger partial charge in [-0.2, -0.15) is 14.8 Å². The molecule has 1 aliphatic heterocycles. The predicted octanol–water partition coefficient (Wildman–Crippen LogP) is 6.55. The van der Waals surface area contributed by atoms with E-state index in [-0.39, 0.29) is 0 Å². The molecule has 0 saturated carbocycles. The number of aromatic nitrogens is 5. The Kier molecular flexibility index (Phi) is 5.42. The molecule has 40 heavy (non-hydrogen) atoms. The molecule has 1 aliphatic rings. The third kappa shape index (κ3) is 3.58. The molecular formula is C33H29N7. The first kappa shape index (κ1) is 24.0. The highest BCUT2D eigenvalue weighted by molar-refractivity contribution is 5.95. The summed E-state index contributed by atoms with van der Waals surface area (Å²) in [6.45, 7) is 10.6. The van der Waals surface area contributed by atoms with Crippen molar-refractivity contribution >= 4 is 45.6 Å². The van der Waals surface area contributed by atoms with E-state index in [0.717, 1.165) is 56.3 Å². The second-order valence-corrected chi connectivity index (χ2v) is 10.4. The number of rotatable bonds is 3. The minimum absolute atomic E-state index is 0.810. The van der Waals surface area contributed by atoms with Crippen LogP contribution >= 0.6 is 0 Å². The highest BCUT2D eigenvalue weighted by Gasteiger charge is 2.38. The molecule has 196 valence electrons. The minimum atomic E-state index is 0.810. The lowest BCUT2D eigenvalue weighted by Gasteiger charge is -2.28. The largest absolute Gasteiger partial charge is 0.276 e. The van der Waals surface area contributed by atoms with Gasteiger partial charge < -0.3 is 0 Å². The van der Waals surface area contributed by atoms with Crippen LogP contribution in [0.25, 0.3) is 22.6 Å². The molecule has 0 spiro atoms. The van der Waals surface area contributed by atoms with Gasteiger partial charge in [0.2, 0.25) is 0 Å². The van der Waals surface area contributed by atoms with Crippen LogP contribution < -0.4 is 15.0 Å². The van der Waals surface area contributed by atoms with Crippen molar-refractivity contribution in [2.75, 3.05) is 9.80 Å². The van der Waals surface area contributed by atoms with Gasteiger partial charge in [0, 0.05) is 5.22 Å². The molecule has 0 amide bonds. The van der Waals surface area contributed by atoms with E-state index >= 15 is 0 Å². The van der Waals surface area contributed by atoms with E-state index in [4.69, 9.17) is 9.97 Å². The average Bonchev–Trinajstić information content (AvgIpc) is 3.58. The van der Waals surface area contributed by atoms with Crippen molar-refractivity contribution in [3.8, 4) is 0 Å². The maximum atomic E-state index is 5.23. The van der Waals surface area contributed by atoms with Crippen molar-refractivity contribution in [1.29, 1.82) is 0 Å². The van der Waals surface area contributed by atoms with E-state index in [0.29, 0.717) is 0 Å². The summed E-state index contributed by atoms with van der Waals surface area (Å²) in [5.41, 5.74) is 10.5. The lowest BCUT2D eigenvalue weighted by molar-refractivity contribution is 0.807. The normalized spacial score (nSPS) is 13.6. The molecule has 0 N–H and O–H groups in total. The molecule has 3 aromatic carbocycles. The van der Waals surface area contributed by atoms with E-state index in [2.05, 4.69) is 96.2 Å². The highest BCUT2D eigenvalue weighted by Crippen LogP contribution is 2.51. The van der Waals surface area contributed by atoms with Crippen LogP contribution in [0.5, 0.6) is 0 Å². The third-order valence-corrected chi connectivity index (χ3v) is 7.68. The number of para-hydroxylation sites is 4. The zero-order valence-corrected chi connectivity index (χ0v) is 23.2. The second kappa shape index (κ2) is 9.02. The van der Waals surface area contributed by atoms with E-state index in [1.54, 1.807) is 10.8 Å². The molecule has 4 heterocycles. The van der Waals surface area contributed by atoms with Crippen molar-refractivity contribution in [3.63, 3.8) is 0 Å². The highest BCUT2D eigenvalue weighted by atomic mass is 15.5. The molecule has 0 fully saturated rings. The number of nitrogens with zero attached hydrogens (tertiary/aromatic N) is 7. The summed E-state index contributed by atoms with van der Waals surface area (Å²) in [5.74, 6) is 2.58. The molecule has 0 bridgehead atoms. The van der Waals surface area contributed by atoms with Gasteiger partial charge in [-0.05, 0) is 87.2 Å². The van der Waals surface area contributed by atoms with Crippen LogP contribution in [0, 0.1) is 34.6 Å². The first-order valence-electron chi connectivity index (χ1n) is 13.4. The fourth-order valence-corrected chi connectivity index (χ4v) is 5.82. The summed E-state index contributed by atoms with van der Waals surface area (Å²) < 4.78 is 1.69. The number of hydrogen-bond acceptors (Lipinski definition) is 6. The van der Waals surface area contributed by atoms with Gasteiger partial charge in [-0.25, -0.2) is 9.97 Å². The first-order chi connectivity index (χ1) is 19.4. The van der Waals surface area contributed by atoms with Crippen LogP contribution in [-0.4, -0.2) is 24.8 Å². The Morgan fingerprint density at radius 2 is 1.12 bits per heavy atom. The summed E-state index contributed by atoms with van der Waals surface area (Å²) in [6, 6.07) is 22.9. The third-order valence-electron chi connectivity index (χ3n) is 7.68. The fourth-order valence-electron chi connectivity index (χ4n) is 5.82. The van der Waals surface area contributed by atoms with Crippen molar-refractivity contribution in [3.05, 3.63) is 118 Å². The van der Waals surface area contributed by atoms with Crippen LogP contribution in [0.4, 0.5) is 23.0 Å². The molecule has 0 saturated heterocycles. The molecular weight excluding hydrogens is 494 g/mol. The number of benzene rings is 3. The average molecular weight is 524 g/mol. The van der Waals surface area contributed by atoms with Crippen molar-refractivity contribution < 1.29 is 0 Å². The second-order valence-electron chi connectivity index (χ2n) is 10.4. The summed E-state index contributed by atoms with van der Waals surface area (Å²) in [5, 5.41) is 9.97. The van der Waals surface area contributed by atoms with Gasteiger partial charge in [-0.15, -0.1) is 0 Å². The maximum Gasteiger partial charge on any atom is 0.183 e.